The molecule has 0 aromatic heterocycles. The SMILES string of the molecule is [B]c1ccc([C@H](O)CCc2ccc(O)c(C(=O)O)c2)cc1. The number of carbonyl (C=O) groups is 1. The molecule has 0 heterocycles. The number of aliphatic hydroxyl groups is 1. The van der Waals surface area contributed by atoms with Crippen LogP contribution < -0.4 is 5.46 Å². The molecule has 2 aromatic rings. The summed E-state index contributed by atoms with van der Waals surface area (Å²) < 4.78 is 0. The Morgan fingerprint density at radius 1 is 1.14 bits per heavy atom. The first-order valence-electron chi connectivity index (χ1n) is 6.56. The molecule has 2 aromatic carbocycles. The highest BCUT2D eigenvalue weighted by Crippen LogP contribution is 2.22. The van der Waals surface area contributed by atoms with Crippen LogP contribution in [0.25, 0.3) is 0 Å². The third-order valence-corrected chi connectivity index (χ3v) is 3.32. The molecular formula is C16H15BO4. The molecule has 1 atom stereocenters. The fraction of sp³-hybridized carbons (Fsp3) is 0.188. The maximum absolute atomic E-state index is 10.9. The zero-order valence-corrected chi connectivity index (χ0v) is 11.4. The molecule has 0 saturated carbocycles. The van der Waals surface area contributed by atoms with Crippen molar-refractivity contribution in [2.45, 2.75) is 18.9 Å². The van der Waals surface area contributed by atoms with E-state index in [2.05, 4.69) is 0 Å². The van der Waals surface area contributed by atoms with Gasteiger partial charge in [-0.25, -0.2) is 4.79 Å². The highest BCUT2D eigenvalue weighted by Gasteiger charge is 2.12. The zero-order valence-electron chi connectivity index (χ0n) is 11.4. The number of aliphatic hydroxyl groups excluding tert-OH is 1. The Balaban J connectivity index is 2.04. The number of aromatic hydroxyl groups is 1. The van der Waals surface area contributed by atoms with Crippen LogP contribution in [0.5, 0.6) is 5.75 Å². The van der Waals surface area contributed by atoms with Crippen molar-refractivity contribution in [2.24, 2.45) is 0 Å². The predicted molar refractivity (Wildman–Crippen MR) is 80.2 cm³/mol. The normalized spacial score (nSPS) is 12.0. The Bertz CT molecular complexity index is 637. The van der Waals surface area contributed by atoms with Crippen LogP contribution in [0.4, 0.5) is 0 Å². The second-order valence-electron chi connectivity index (χ2n) is 4.88. The molecule has 21 heavy (non-hydrogen) atoms. The lowest BCUT2D eigenvalue weighted by Crippen LogP contribution is -2.05. The number of phenols is 1. The van der Waals surface area contributed by atoms with Crippen LogP contribution in [0, 0.1) is 0 Å². The number of benzene rings is 2. The molecular weight excluding hydrogens is 267 g/mol. The number of carboxylic acids is 1. The van der Waals surface area contributed by atoms with Crippen LogP contribution >= 0.6 is 0 Å². The first-order valence-corrected chi connectivity index (χ1v) is 6.56. The standard InChI is InChI=1S/C16H15BO4/c17-12-5-3-11(4-6-12)14(18)7-1-10-2-8-15(19)13(9-10)16(20)21/h2-6,8-9,14,18-19H,1,7H2,(H,20,21)/t14-/m1/s1. The van der Waals surface area contributed by atoms with E-state index in [4.69, 9.17) is 13.0 Å². The number of aryl methyl sites for hydroxylation is 1. The van der Waals surface area contributed by atoms with E-state index < -0.39 is 12.1 Å². The molecule has 106 valence electrons. The molecule has 4 nitrogen and oxygen atoms in total. The van der Waals surface area contributed by atoms with Gasteiger partial charge >= 0.3 is 5.97 Å². The highest BCUT2D eigenvalue weighted by atomic mass is 16.4. The summed E-state index contributed by atoms with van der Waals surface area (Å²) in [5.41, 5.74) is 2.02. The van der Waals surface area contributed by atoms with E-state index >= 15 is 0 Å². The molecule has 0 aliphatic carbocycles. The highest BCUT2D eigenvalue weighted by molar-refractivity contribution is 6.32. The minimum Gasteiger partial charge on any atom is -0.507 e. The van der Waals surface area contributed by atoms with Crippen LogP contribution in [0.3, 0.4) is 0 Å². The summed E-state index contributed by atoms with van der Waals surface area (Å²) in [7, 11) is 5.59. The van der Waals surface area contributed by atoms with Crippen molar-refractivity contribution in [3.05, 3.63) is 59.2 Å². The molecule has 5 heteroatoms. The molecule has 0 spiro atoms. The van der Waals surface area contributed by atoms with Crippen LogP contribution in [0.1, 0.15) is 34.0 Å². The van der Waals surface area contributed by atoms with Gasteiger partial charge in [0, 0.05) is 0 Å². The van der Waals surface area contributed by atoms with E-state index in [0.29, 0.717) is 18.3 Å². The molecule has 3 N–H and O–H groups in total. The molecule has 0 aliphatic heterocycles. The summed E-state index contributed by atoms with van der Waals surface area (Å²) in [4.78, 5) is 10.9. The Labute approximate surface area is 124 Å². The third kappa shape index (κ3) is 3.86. The van der Waals surface area contributed by atoms with Gasteiger partial charge in [-0.3, -0.25) is 0 Å². The van der Waals surface area contributed by atoms with Crippen molar-refractivity contribution < 1.29 is 20.1 Å². The third-order valence-electron chi connectivity index (χ3n) is 3.32. The Kier molecular flexibility index (Phi) is 4.65. The van der Waals surface area contributed by atoms with Crippen molar-refractivity contribution >= 4 is 19.3 Å². The fourth-order valence-electron chi connectivity index (χ4n) is 2.10. The lowest BCUT2D eigenvalue weighted by atomic mass is 9.93. The van der Waals surface area contributed by atoms with E-state index in [1.165, 1.54) is 12.1 Å². The quantitative estimate of drug-likeness (QED) is 0.727. The molecule has 0 amide bonds. The average molecular weight is 282 g/mol. The van der Waals surface area contributed by atoms with E-state index in [9.17, 15) is 15.0 Å². The van der Waals surface area contributed by atoms with E-state index in [-0.39, 0.29) is 11.3 Å². The minimum absolute atomic E-state index is 0.130. The second-order valence-corrected chi connectivity index (χ2v) is 4.88. The Morgan fingerprint density at radius 3 is 2.43 bits per heavy atom. The lowest BCUT2D eigenvalue weighted by molar-refractivity contribution is 0.0693. The number of aromatic carboxylic acids is 1. The molecule has 0 bridgehead atoms. The Hall–Kier alpha value is -2.27. The van der Waals surface area contributed by atoms with E-state index in [1.807, 2.05) is 0 Å². The first-order chi connectivity index (χ1) is 9.97. The second kappa shape index (κ2) is 6.46. The maximum atomic E-state index is 10.9. The fourth-order valence-corrected chi connectivity index (χ4v) is 2.10. The van der Waals surface area contributed by atoms with Gasteiger partial charge in [0.2, 0.25) is 0 Å². The predicted octanol–water partition coefficient (Wildman–Crippen LogP) is 1.55. The largest absolute Gasteiger partial charge is 0.507 e. The van der Waals surface area contributed by atoms with Crippen molar-refractivity contribution in [1.82, 2.24) is 0 Å². The van der Waals surface area contributed by atoms with Gasteiger partial charge in [-0.05, 0) is 36.1 Å². The van der Waals surface area contributed by atoms with Gasteiger partial charge in [0.05, 0.1) is 6.10 Å². The molecule has 2 rings (SSSR count). The van der Waals surface area contributed by atoms with Crippen molar-refractivity contribution in [3.8, 4) is 5.75 Å². The molecule has 0 saturated heterocycles. The molecule has 0 unspecified atom stereocenters. The summed E-state index contributed by atoms with van der Waals surface area (Å²) in [6.07, 6.45) is 0.313. The summed E-state index contributed by atoms with van der Waals surface area (Å²) in [6, 6.07) is 11.4. The van der Waals surface area contributed by atoms with Gasteiger partial charge in [-0.2, -0.15) is 0 Å². The average Bonchev–Trinajstić information content (AvgIpc) is 2.46. The number of hydrogen-bond donors (Lipinski definition) is 3. The number of rotatable bonds is 5. The van der Waals surface area contributed by atoms with Gasteiger partial charge in [-0.1, -0.05) is 35.8 Å². The monoisotopic (exact) mass is 282 g/mol. The zero-order chi connectivity index (χ0) is 15.4. The van der Waals surface area contributed by atoms with E-state index in [0.717, 1.165) is 11.1 Å². The van der Waals surface area contributed by atoms with E-state index in [1.54, 1.807) is 30.3 Å². The summed E-state index contributed by atoms with van der Waals surface area (Å²) in [5.74, 6) is -1.43. The van der Waals surface area contributed by atoms with Crippen LogP contribution in [0.2, 0.25) is 0 Å². The van der Waals surface area contributed by atoms with Crippen LogP contribution in [-0.4, -0.2) is 29.1 Å². The van der Waals surface area contributed by atoms with Crippen molar-refractivity contribution in [1.29, 1.82) is 0 Å². The number of carboxylic acid groups (broad SMARTS) is 1. The lowest BCUT2D eigenvalue weighted by Gasteiger charge is -2.12. The maximum Gasteiger partial charge on any atom is 0.339 e. The molecule has 2 radical (unpaired) electrons. The smallest absolute Gasteiger partial charge is 0.339 e. The van der Waals surface area contributed by atoms with Gasteiger partial charge in [0.25, 0.3) is 0 Å². The van der Waals surface area contributed by atoms with Gasteiger partial charge in [-0.15, -0.1) is 0 Å². The first kappa shape index (κ1) is 15.1. The minimum atomic E-state index is -1.17. The summed E-state index contributed by atoms with van der Waals surface area (Å²) >= 11 is 0. The van der Waals surface area contributed by atoms with Crippen LogP contribution in [-0.2, 0) is 6.42 Å². The van der Waals surface area contributed by atoms with Gasteiger partial charge < -0.3 is 15.3 Å². The molecule has 0 aliphatic rings. The van der Waals surface area contributed by atoms with Gasteiger partial charge in [0.15, 0.2) is 0 Å². The Morgan fingerprint density at radius 2 is 1.81 bits per heavy atom. The van der Waals surface area contributed by atoms with Crippen molar-refractivity contribution in [3.63, 3.8) is 0 Å². The van der Waals surface area contributed by atoms with Crippen LogP contribution in [0.15, 0.2) is 42.5 Å². The van der Waals surface area contributed by atoms with Gasteiger partial charge in [0.1, 0.15) is 19.2 Å². The number of hydrogen-bond acceptors (Lipinski definition) is 3. The molecule has 0 fully saturated rings. The summed E-state index contributed by atoms with van der Waals surface area (Å²) in [6.45, 7) is 0. The topological polar surface area (TPSA) is 77.8 Å². The summed E-state index contributed by atoms with van der Waals surface area (Å²) in [5, 5.41) is 28.5. The van der Waals surface area contributed by atoms with Crippen molar-refractivity contribution in [2.75, 3.05) is 0 Å².